The zero-order chi connectivity index (χ0) is 15.8. The fourth-order valence-corrected chi connectivity index (χ4v) is 1.67. The molecule has 1 aromatic rings. The monoisotopic (exact) mass is 316 g/mol. The van der Waals surface area contributed by atoms with Gasteiger partial charge in [0.15, 0.2) is 0 Å². The number of halogens is 2. The van der Waals surface area contributed by atoms with Gasteiger partial charge in [-0.05, 0) is 6.07 Å². The number of amides is 2. The Morgan fingerprint density at radius 1 is 1.43 bits per heavy atom. The van der Waals surface area contributed by atoms with Crippen molar-refractivity contribution in [1.29, 1.82) is 0 Å². The van der Waals surface area contributed by atoms with E-state index in [2.05, 4.69) is 10.1 Å². The topological polar surface area (TPSA) is 75.7 Å². The lowest BCUT2D eigenvalue weighted by molar-refractivity contribution is -0.144. The summed E-state index contributed by atoms with van der Waals surface area (Å²) in [6.07, 6.45) is 0.358. The molecule has 0 radical (unpaired) electrons. The number of nitrogens with one attached hydrogen (secondary N) is 1. The van der Waals surface area contributed by atoms with E-state index in [0.717, 1.165) is 4.90 Å². The summed E-state index contributed by atoms with van der Waals surface area (Å²) in [5.41, 5.74) is 0.224. The fourth-order valence-electron chi connectivity index (χ4n) is 1.48. The van der Waals surface area contributed by atoms with Crippen molar-refractivity contribution in [3.63, 3.8) is 0 Å². The molecule has 0 unspecified atom stereocenters. The van der Waals surface area contributed by atoms with E-state index >= 15 is 0 Å². The Hall–Kier alpha value is -2.15. The average molecular weight is 317 g/mol. The molecule has 6 nitrogen and oxygen atoms in total. The maximum Gasteiger partial charge on any atom is 0.325 e. The molecule has 0 saturated heterocycles. The van der Waals surface area contributed by atoms with Gasteiger partial charge in [0.2, 0.25) is 12.3 Å². The van der Waals surface area contributed by atoms with Gasteiger partial charge in [0.25, 0.3) is 0 Å². The van der Waals surface area contributed by atoms with Gasteiger partial charge in [-0.3, -0.25) is 14.4 Å². The molecule has 0 aromatic heterocycles. The first kappa shape index (κ1) is 16.9. The molecule has 1 rings (SSSR count). The number of methoxy groups -OCH3 is 1. The summed E-state index contributed by atoms with van der Waals surface area (Å²) < 4.78 is 18.0. The van der Waals surface area contributed by atoms with E-state index in [0.29, 0.717) is 6.41 Å². The first-order valence-electron chi connectivity index (χ1n) is 5.93. The van der Waals surface area contributed by atoms with Crippen LogP contribution in [0.4, 0.5) is 4.39 Å². The minimum absolute atomic E-state index is 0.0399. The number of carbonyl (C=O) groups is 3. The van der Waals surface area contributed by atoms with Crippen molar-refractivity contribution in [3.8, 4) is 0 Å². The van der Waals surface area contributed by atoms with E-state index in [-0.39, 0.29) is 30.2 Å². The smallest absolute Gasteiger partial charge is 0.325 e. The number of esters is 1. The van der Waals surface area contributed by atoms with Crippen molar-refractivity contribution < 1.29 is 23.5 Å². The van der Waals surface area contributed by atoms with E-state index in [4.69, 9.17) is 11.6 Å². The lowest BCUT2D eigenvalue weighted by Gasteiger charge is -2.15. The number of nitrogens with zero attached hydrogens (tertiary/aromatic N) is 1. The van der Waals surface area contributed by atoms with Crippen LogP contribution in [0.1, 0.15) is 5.56 Å². The Morgan fingerprint density at radius 2 is 2.14 bits per heavy atom. The van der Waals surface area contributed by atoms with E-state index < -0.39 is 17.7 Å². The number of benzene rings is 1. The van der Waals surface area contributed by atoms with Crippen LogP contribution < -0.4 is 5.32 Å². The molecule has 21 heavy (non-hydrogen) atoms. The highest BCUT2D eigenvalue weighted by molar-refractivity contribution is 6.30. The molecule has 0 aliphatic carbocycles. The van der Waals surface area contributed by atoms with Crippen LogP contribution in [-0.2, 0) is 25.7 Å². The molecule has 2 amide bonds. The SMILES string of the molecule is COC(=O)CN(C=O)CC(=O)NCc1cccc(Cl)c1F. The van der Waals surface area contributed by atoms with Crippen LogP contribution in [0.2, 0.25) is 5.02 Å². The summed E-state index contributed by atoms with van der Waals surface area (Å²) in [6.45, 7) is -0.740. The Morgan fingerprint density at radius 3 is 2.76 bits per heavy atom. The highest BCUT2D eigenvalue weighted by Crippen LogP contribution is 2.17. The molecule has 114 valence electrons. The van der Waals surface area contributed by atoms with Crippen molar-refractivity contribution >= 4 is 29.9 Å². The third-order valence-electron chi connectivity index (χ3n) is 2.56. The highest BCUT2D eigenvalue weighted by atomic mass is 35.5. The third kappa shape index (κ3) is 5.39. The van der Waals surface area contributed by atoms with Gasteiger partial charge >= 0.3 is 5.97 Å². The highest BCUT2D eigenvalue weighted by Gasteiger charge is 2.13. The van der Waals surface area contributed by atoms with Crippen LogP contribution in [0, 0.1) is 5.82 Å². The zero-order valence-corrected chi connectivity index (χ0v) is 12.0. The van der Waals surface area contributed by atoms with Crippen LogP contribution in [0.25, 0.3) is 0 Å². The summed E-state index contributed by atoms with van der Waals surface area (Å²) in [6, 6.07) is 4.43. The van der Waals surface area contributed by atoms with E-state index in [1.165, 1.54) is 19.2 Å². The van der Waals surface area contributed by atoms with Crippen molar-refractivity contribution in [2.75, 3.05) is 20.2 Å². The van der Waals surface area contributed by atoms with E-state index in [9.17, 15) is 18.8 Å². The average Bonchev–Trinajstić information content (AvgIpc) is 2.47. The summed E-state index contributed by atoms with van der Waals surface area (Å²) in [5, 5.41) is 2.39. The first-order valence-corrected chi connectivity index (χ1v) is 6.31. The second-order valence-electron chi connectivity index (χ2n) is 4.08. The fraction of sp³-hybridized carbons (Fsp3) is 0.308. The minimum atomic E-state index is -0.643. The normalized spacial score (nSPS) is 9.86. The minimum Gasteiger partial charge on any atom is -0.468 e. The Bertz CT molecular complexity index is 539. The van der Waals surface area contributed by atoms with Gasteiger partial charge in [0.1, 0.15) is 12.4 Å². The van der Waals surface area contributed by atoms with Gasteiger partial charge < -0.3 is 15.0 Å². The molecular formula is C13H14ClFN2O4. The molecule has 0 fully saturated rings. The Balaban J connectivity index is 2.51. The quantitative estimate of drug-likeness (QED) is 0.594. The van der Waals surface area contributed by atoms with Crippen molar-refractivity contribution in [3.05, 3.63) is 34.6 Å². The standard InChI is InChI=1S/C13H14ClFN2O4/c1-21-12(20)7-17(8-18)6-11(19)16-5-9-3-2-4-10(14)13(9)15/h2-4,8H,5-7H2,1H3,(H,16,19). The lowest BCUT2D eigenvalue weighted by Crippen LogP contribution is -2.39. The summed E-state index contributed by atoms with van der Waals surface area (Å²) in [5.74, 6) is -1.79. The molecule has 0 saturated carbocycles. The molecule has 0 heterocycles. The van der Waals surface area contributed by atoms with Crippen molar-refractivity contribution in [2.45, 2.75) is 6.54 Å². The molecule has 1 N–H and O–H groups in total. The number of hydrogen-bond donors (Lipinski definition) is 1. The molecule has 0 spiro atoms. The second kappa shape index (κ2) is 8.21. The van der Waals surface area contributed by atoms with Crippen molar-refractivity contribution in [1.82, 2.24) is 10.2 Å². The Kier molecular flexibility index (Phi) is 6.61. The number of carbonyl (C=O) groups excluding carboxylic acids is 3. The molecule has 0 atom stereocenters. The Labute approximate surface area is 125 Å². The van der Waals surface area contributed by atoms with Crippen LogP contribution in [-0.4, -0.2) is 43.4 Å². The van der Waals surface area contributed by atoms with E-state index in [1.807, 2.05) is 0 Å². The van der Waals surface area contributed by atoms with Gasteiger partial charge in [0, 0.05) is 12.1 Å². The molecule has 0 bridgehead atoms. The molecule has 0 aliphatic heterocycles. The van der Waals surface area contributed by atoms with Crippen LogP contribution in [0.15, 0.2) is 18.2 Å². The maximum absolute atomic E-state index is 13.6. The molecule has 1 aromatic carbocycles. The van der Waals surface area contributed by atoms with Gasteiger partial charge in [-0.2, -0.15) is 0 Å². The van der Waals surface area contributed by atoms with Gasteiger partial charge in [0.05, 0.1) is 18.7 Å². The number of rotatable bonds is 7. The van der Waals surface area contributed by atoms with Gasteiger partial charge in [-0.15, -0.1) is 0 Å². The van der Waals surface area contributed by atoms with Crippen LogP contribution in [0.5, 0.6) is 0 Å². The largest absolute Gasteiger partial charge is 0.468 e. The predicted octanol–water partition coefficient (Wildman–Crippen LogP) is 0.727. The van der Waals surface area contributed by atoms with Crippen LogP contribution >= 0.6 is 11.6 Å². The predicted molar refractivity (Wildman–Crippen MR) is 72.9 cm³/mol. The molecule has 0 aliphatic rings. The molecule has 8 heteroatoms. The van der Waals surface area contributed by atoms with Gasteiger partial charge in [-0.25, -0.2) is 4.39 Å². The maximum atomic E-state index is 13.6. The summed E-state index contributed by atoms with van der Waals surface area (Å²) in [4.78, 5) is 34.3. The molecular weight excluding hydrogens is 303 g/mol. The third-order valence-corrected chi connectivity index (χ3v) is 2.86. The first-order chi connectivity index (χ1) is 9.97. The summed E-state index contributed by atoms with van der Waals surface area (Å²) in [7, 11) is 1.17. The van der Waals surface area contributed by atoms with E-state index in [1.54, 1.807) is 6.07 Å². The lowest BCUT2D eigenvalue weighted by atomic mass is 10.2. The van der Waals surface area contributed by atoms with Crippen LogP contribution in [0.3, 0.4) is 0 Å². The zero-order valence-electron chi connectivity index (χ0n) is 11.3. The number of hydrogen-bond acceptors (Lipinski definition) is 4. The second-order valence-corrected chi connectivity index (χ2v) is 4.48. The number of ether oxygens (including phenoxy) is 1. The van der Waals surface area contributed by atoms with Gasteiger partial charge in [-0.1, -0.05) is 23.7 Å². The summed E-state index contributed by atoms with van der Waals surface area (Å²) >= 11 is 5.62. The van der Waals surface area contributed by atoms with Crippen molar-refractivity contribution in [2.24, 2.45) is 0 Å².